The van der Waals surface area contributed by atoms with Gasteiger partial charge in [0.15, 0.2) is 0 Å². The van der Waals surface area contributed by atoms with Crippen molar-refractivity contribution >= 4 is 0 Å². The molecule has 0 spiro atoms. The summed E-state index contributed by atoms with van der Waals surface area (Å²) in [6, 6.07) is 40.4. The van der Waals surface area contributed by atoms with Crippen LogP contribution in [-0.4, -0.2) is 0 Å². The Kier molecular flexibility index (Phi) is 5.15. The normalized spacial score (nSPS) is 11.8. The number of rotatable bonds is 4. The number of hydrogen-bond donors (Lipinski definition) is 0. The molecule has 0 heterocycles. The van der Waals surface area contributed by atoms with Crippen LogP contribution < -0.4 is 0 Å². The molecule has 0 fully saturated rings. The molecule has 0 bridgehead atoms. The third-order valence-electron chi connectivity index (χ3n) is 7.15. The summed E-state index contributed by atoms with van der Waals surface area (Å²) in [4.78, 5) is 0. The summed E-state index contributed by atoms with van der Waals surface area (Å²) in [5, 5.41) is 0. The van der Waals surface area contributed by atoms with Gasteiger partial charge in [0.25, 0.3) is 0 Å². The fraction of sp³-hybridized carbons (Fsp3) is 0.118. The average molecular weight is 437 g/mol. The summed E-state index contributed by atoms with van der Waals surface area (Å²) >= 11 is 0. The summed E-state index contributed by atoms with van der Waals surface area (Å²) in [6.45, 7) is 4.40. The van der Waals surface area contributed by atoms with Crippen LogP contribution in [0.5, 0.6) is 0 Å². The average Bonchev–Trinajstić information content (AvgIpc) is 3.23. The van der Waals surface area contributed by atoms with Crippen LogP contribution in [0.4, 0.5) is 0 Å². The Labute approximate surface area is 202 Å². The highest BCUT2D eigenvalue weighted by Gasteiger charge is 2.19. The minimum Gasteiger partial charge on any atom is -0.0622 e. The first-order valence-corrected chi connectivity index (χ1v) is 12.1. The quantitative estimate of drug-likeness (QED) is 0.259. The molecule has 1 aliphatic carbocycles. The predicted molar refractivity (Wildman–Crippen MR) is 144 cm³/mol. The van der Waals surface area contributed by atoms with E-state index in [1.165, 1.54) is 66.8 Å². The van der Waals surface area contributed by atoms with E-state index < -0.39 is 0 Å². The first kappa shape index (κ1) is 20.7. The second-order valence-corrected chi connectivity index (χ2v) is 9.56. The van der Waals surface area contributed by atoms with E-state index in [2.05, 4.69) is 123 Å². The van der Waals surface area contributed by atoms with Crippen molar-refractivity contribution in [2.75, 3.05) is 0 Å². The maximum absolute atomic E-state index is 2.40. The van der Waals surface area contributed by atoms with Gasteiger partial charge < -0.3 is 0 Å². The van der Waals surface area contributed by atoms with Crippen molar-refractivity contribution in [2.45, 2.75) is 26.7 Å². The van der Waals surface area contributed by atoms with Gasteiger partial charge in [-0.1, -0.05) is 103 Å². The molecule has 0 aromatic heterocycles. The molecule has 5 aromatic carbocycles. The van der Waals surface area contributed by atoms with E-state index in [0.29, 0.717) is 0 Å². The fourth-order valence-electron chi connectivity index (χ4n) is 5.40. The van der Waals surface area contributed by atoms with Crippen LogP contribution in [0.3, 0.4) is 0 Å². The molecule has 5 aromatic rings. The Hall–Kier alpha value is -3.90. The zero-order valence-corrected chi connectivity index (χ0v) is 19.8. The van der Waals surface area contributed by atoms with E-state index >= 15 is 0 Å². The van der Waals surface area contributed by atoms with Gasteiger partial charge in [-0.2, -0.15) is 0 Å². The van der Waals surface area contributed by atoms with Gasteiger partial charge in [-0.05, 0) is 100 Å². The predicted octanol–water partition coefficient (Wildman–Crippen LogP) is 8.80. The second-order valence-electron chi connectivity index (χ2n) is 9.56. The Morgan fingerprint density at radius 3 is 2.06 bits per heavy atom. The second kappa shape index (κ2) is 8.47. The number of benzene rings is 5. The summed E-state index contributed by atoms with van der Waals surface area (Å²) in [6.07, 6.45) is 1.97. The molecule has 0 unspecified atom stereocenters. The molecule has 0 radical (unpaired) electrons. The Bertz CT molecular complexity index is 1510. The minimum atomic E-state index is 0.932. The van der Waals surface area contributed by atoms with Crippen molar-refractivity contribution < 1.29 is 0 Å². The van der Waals surface area contributed by atoms with E-state index in [1.807, 2.05) is 0 Å². The van der Waals surface area contributed by atoms with Crippen LogP contribution in [0.1, 0.15) is 33.4 Å². The third kappa shape index (κ3) is 3.76. The van der Waals surface area contributed by atoms with Crippen LogP contribution in [0.2, 0.25) is 0 Å². The maximum atomic E-state index is 2.40. The van der Waals surface area contributed by atoms with Crippen molar-refractivity contribution in [3.8, 4) is 33.4 Å². The monoisotopic (exact) mass is 436 g/mol. The van der Waals surface area contributed by atoms with Crippen molar-refractivity contribution in [3.63, 3.8) is 0 Å². The topological polar surface area (TPSA) is 0 Å². The molecule has 0 atom stereocenters. The van der Waals surface area contributed by atoms with Gasteiger partial charge in [-0.25, -0.2) is 0 Å². The summed E-state index contributed by atoms with van der Waals surface area (Å²) in [5.74, 6) is 0. The zero-order chi connectivity index (χ0) is 23.1. The van der Waals surface area contributed by atoms with Gasteiger partial charge in [0.2, 0.25) is 0 Å². The highest BCUT2D eigenvalue weighted by molar-refractivity contribution is 5.83. The SMILES string of the molecule is Cc1ccc(-c2cc(-c3ccc4c(c3)-c3ccccc3C4)ccc2Cc2ccccc2)c(C)c1. The molecule has 34 heavy (non-hydrogen) atoms. The van der Waals surface area contributed by atoms with Crippen molar-refractivity contribution in [2.24, 2.45) is 0 Å². The van der Waals surface area contributed by atoms with E-state index in [0.717, 1.165) is 12.8 Å². The first-order chi connectivity index (χ1) is 16.7. The van der Waals surface area contributed by atoms with Gasteiger partial charge in [-0.15, -0.1) is 0 Å². The molecule has 0 nitrogen and oxygen atoms in total. The fourth-order valence-corrected chi connectivity index (χ4v) is 5.40. The summed E-state index contributed by atoms with van der Waals surface area (Å²) < 4.78 is 0. The number of hydrogen-bond acceptors (Lipinski definition) is 0. The Morgan fingerprint density at radius 2 is 1.24 bits per heavy atom. The van der Waals surface area contributed by atoms with Crippen LogP contribution in [0, 0.1) is 13.8 Å². The highest BCUT2D eigenvalue weighted by atomic mass is 14.2. The van der Waals surface area contributed by atoms with E-state index in [9.17, 15) is 0 Å². The molecule has 0 amide bonds. The lowest BCUT2D eigenvalue weighted by atomic mass is 9.88. The van der Waals surface area contributed by atoms with Gasteiger partial charge >= 0.3 is 0 Å². The molecule has 0 aliphatic heterocycles. The van der Waals surface area contributed by atoms with Crippen LogP contribution >= 0.6 is 0 Å². The Balaban J connectivity index is 1.47. The van der Waals surface area contributed by atoms with Gasteiger partial charge in [0, 0.05) is 0 Å². The van der Waals surface area contributed by atoms with Crippen molar-refractivity contribution in [1.82, 2.24) is 0 Å². The molecule has 0 heteroatoms. The molecule has 1 aliphatic rings. The first-order valence-electron chi connectivity index (χ1n) is 12.1. The lowest BCUT2D eigenvalue weighted by Crippen LogP contribution is -1.95. The van der Waals surface area contributed by atoms with Gasteiger partial charge in [0.1, 0.15) is 0 Å². The Morgan fingerprint density at radius 1 is 0.529 bits per heavy atom. The summed E-state index contributed by atoms with van der Waals surface area (Å²) in [5.41, 5.74) is 16.2. The molecule has 164 valence electrons. The smallest absolute Gasteiger partial charge is 0.00134 e. The minimum absolute atomic E-state index is 0.932. The molecular formula is C34H28. The van der Waals surface area contributed by atoms with Gasteiger partial charge in [0.05, 0.1) is 0 Å². The van der Waals surface area contributed by atoms with Crippen molar-refractivity contribution in [3.05, 3.63) is 143 Å². The lowest BCUT2D eigenvalue weighted by molar-refractivity contribution is 1.19. The standard InChI is InChI=1S/C34H28/c1-23-12-17-31(24(2)18-23)33-21-26(13-15-29(33)19-25-8-4-3-5-9-25)27-14-16-30-20-28-10-6-7-11-32(28)34(30)22-27/h3-18,21-22H,19-20H2,1-2H3. The summed E-state index contributed by atoms with van der Waals surface area (Å²) in [7, 11) is 0. The van der Waals surface area contributed by atoms with Crippen LogP contribution in [0.15, 0.2) is 109 Å². The van der Waals surface area contributed by atoms with Gasteiger partial charge in [-0.3, -0.25) is 0 Å². The molecule has 0 N–H and O–H groups in total. The molecule has 0 saturated carbocycles. The van der Waals surface area contributed by atoms with E-state index in [4.69, 9.17) is 0 Å². The molecular weight excluding hydrogens is 408 g/mol. The van der Waals surface area contributed by atoms with Crippen LogP contribution in [-0.2, 0) is 12.8 Å². The highest BCUT2D eigenvalue weighted by Crippen LogP contribution is 2.40. The largest absolute Gasteiger partial charge is 0.0622 e. The molecule has 6 rings (SSSR count). The maximum Gasteiger partial charge on any atom is -0.00134 e. The third-order valence-corrected chi connectivity index (χ3v) is 7.15. The van der Waals surface area contributed by atoms with Crippen molar-refractivity contribution in [1.29, 1.82) is 0 Å². The zero-order valence-electron chi connectivity index (χ0n) is 19.8. The number of fused-ring (bicyclic) bond motifs is 3. The van der Waals surface area contributed by atoms with E-state index in [-0.39, 0.29) is 0 Å². The number of aryl methyl sites for hydroxylation is 2. The lowest BCUT2D eigenvalue weighted by Gasteiger charge is -2.16. The molecule has 0 saturated heterocycles. The van der Waals surface area contributed by atoms with Crippen LogP contribution in [0.25, 0.3) is 33.4 Å². The van der Waals surface area contributed by atoms with E-state index in [1.54, 1.807) is 0 Å².